The van der Waals surface area contributed by atoms with E-state index < -0.39 is 0 Å². The summed E-state index contributed by atoms with van der Waals surface area (Å²) in [5, 5.41) is 9.46. The molecule has 2 heterocycles. The Kier molecular flexibility index (Phi) is 5.69. The number of imidazole rings is 1. The maximum absolute atomic E-state index is 9.46. The molecule has 0 unspecified atom stereocenters. The fraction of sp³-hybridized carbons (Fsp3) is 0.304. The molecule has 5 nitrogen and oxygen atoms in total. The minimum absolute atomic E-state index is 0.538. The Labute approximate surface area is 165 Å². The molecule has 0 N–H and O–H groups in total. The summed E-state index contributed by atoms with van der Waals surface area (Å²) in [6, 6.07) is 16.1. The van der Waals surface area contributed by atoms with E-state index in [2.05, 4.69) is 28.1 Å². The lowest BCUT2D eigenvalue weighted by Gasteiger charge is -2.26. The third-order valence-electron chi connectivity index (χ3n) is 5.07. The van der Waals surface area contributed by atoms with Gasteiger partial charge in [-0.3, -0.25) is 4.90 Å². The lowest BCUT2D eigenvalue weighted by Crippen LogP contribution is -2.29. The Balaban J connectivity index is 1.51. The molecule has 2 aromatic carbocycles. The third kappa shape index (κ3) is 4.59. The fourth-order valence-electron chi connectivity index (χ4n) is 3.64. The number of hydrogen-bond donors (Lipinski definition) is 0. The van der Waals surface area contributed by atoms with Gasteiger partial charge in [0, 0.05) is 25.5 Å². The monoisotopic (exact) mass is 372 g/mol. The second-order valence-corrected chi connectivity index (χ2v) is 7.26. The molecule has 0 bridgehead atoms. The van der Waals surface area contributed by atoms with E-state index in [0.717, 1.165) is 17.9 Å². The third-order valence-corrected chi connectivity index (χ3v) is 5.07. The van der Waals surface area contributed by atoms with Crippen molar-refractivity contribution in [3.63, 3.8) is 0 Å². The first-order chi connectivity index (χ1) is 13.8. The number of benzene rings is 2. The van der Waals surface area contributed by atoms with E-state index >= 15 is 0 Å². The fourth-order valence-corrected chi connectivity index (χ4v) is 3.64. The molecule has 0 atom stereocenters. The van der Waals surface area contributed by atoms with Crippen LogP contribution in [-0.4, -0.2) is 27.5 Å². The Morgan fingerprint density at radius 3 is 2.64 bits per heavy atom. The molecule has 1 fully saturated rings. The number of ether oxygens (including phenoxy) is 1. The van der Waals surface area contributed by atoms with Crippen LogP contribution in [0.4, 0.5) is 0 Å². The van der Waals surface area contributed by atoms with Crippen LogP contribution in [0.15, 0.2) is 61.2 Å². The molecule has 0 radical (unpaired) electrons. The molecule has 142 valence electrons. The summed E-state index contributed by atoms with van der Waals surface area (Å²) in [7, 11) is 0. The molecule has 1 aromatic heterocycles. The van der Waals surface area contributed by atoms with Crippen molar-refractivity contribution in [1.82, 2.24) is 14.5 Å². The highest BCUT2D eigenvalue weighted by Gasteiger charge is 2.12. The second kappa shape index (κ2) is 8.73. The first kappa shape index (κ1) is 18.3. The van der Waals surface area contributed by atoms with E-state index in [1.165, 1.54) is 37.9 Å². The standard InChI is InChI=1S/C23H24N4O/c24-15-21-8-7-20(17-27-12-9-25-18-27)14-23(21)28-22-6-4-5-19(13-22)16-26-10-2-1-3-11-26/h4-9,12-14,18H,1-3,10-11,16-17H2. The topological polar surface area (TPSA) is 54.1 Å². The second-order valence-electron chi connectivity index (χ2n) is 7.26. The number of aromatic nitrogens is 2. The summed E-state index contributed by atoms with van der Waals surface area (Å²) < 4.78 is 8.11. The van der Waals surface area contributed by atoms with Crippen molar-refractivity contribution >= 4 is 0 Å². The van der Waals surface area contributed by atoms with Crippen LogP contribution in [0.2, 0.25) is 0 Å². The van der Waals surface area contributed by atoms with Gasteiger partial charge in [-0.1, -0.05) is 24.6 Å². The largest absolute Gasteiger partial charge is 0.456 e. The van der Waals surface area contributed by atoms with E-state index in [0.29, 0.717) is 17.9 Å². The van der Waals surface area contributed by atoms with Crippen LogP contribution in [0, 0.1) is 11.3 Å². The molecular weight excluding hydrogens is 348 g/mol. The van der Waals surface area contributed by atoms with Gasteiger partial charge in [0.25, 0.3) is 0 Å². The molecule has 0 saturated carbocycles. The first-order valence-electron chi connectivity index (χ1n) is 9.78. The average molecular weight is 372 g/mol. The Morgan fingerprint density at radius 1 is 1.00 bits per heavy atom. The average Bonchev–Trinajstić information content (AvgIpc) is 3.22. The lowest BCUT2D eigenvalue weighted by atomic mass is 10.1. The van der Waals surface area contributed by atoms with E-state index in [9.17, 15) is 5.26 Å². The maximum atomic E-state index is 9.46. The summed E-state index contributed by atoms with van der Waals surface area (Å²) in [5.41, 5.74) is 2.85. The van der Waals surface area contributed by atoms with Gasteiger partial charge >= 0.3 is 0 Å². The van der Waals surface area contributed by atoms with Crippen LogP contribution in [0.1, 0.15) is 36.0 Å². The summed E-state index contributed by atoms with van der Waals surface area (Å²) in [5.74, 6) is 1.36. The molecule has 1 aliphatic rings. The van der Waals surface area contributed by atoms with Crippen molar-refractivity contribution in [2.24, 2.45) is 0 Å². The normalized spacial score (nSPS) is 14.5. The van der Waals surface area contributed by atoms with Gasteiger partial charge in [0.2, 0.25) is 0 Å². The van der Waals surface area contributed by atoms with Gasteiger partial charge in [-0.05, 0) is 61.3 Å². The zero-order chi connectivity index (χ0) is 19.2. The molecule has 5 heteroatoms. The quantitative estimate of drug-likeness (QED) is 0.635. The van der Waals surface area contributed by atoms with Gasteiger partial charge in [-0.2, -0.15) is 5.26 Å². The number of nitrogens with zero attached hydrogens (tertiary/aromatic N) is 4. The summed E-state index contributed by atoms with van der Waals surface area (Å²) in [6.07, 6.45) is 9.36. The number of nitriles is 1. The summed E-state index contributed by atoms with van der Waals surface area (Å²) in [4.78, 5) is 6.57. The summed E-state index contributed by atoms with van der Waals surface area (Å²) in [6.45, 7) is 3.97. The molecule has 0 amide bonds. The Hall–Kier alpha value is -3.10. The number of piperidine rings is 1. The van der Waals surface area contributed by atoms with Gasteiger partial charge < -0.3 is 9.30 Å². The van der Waals surface area contributed by atoms with Crippen LogP contribution in [-0.2, 0) is 13.1 Å². The summed E-state index contributed by atoms with van der Waals surface area (Å²) >= 11 is 0. The van der Waals surface area contributed by atoms with E-state index in [4.69, 9.17) is 4.74 Å². The number of hydrogen-bond acceptors (Lipinski definition) is 4. The van der Waals surface area contributed by atoms with Gasteiger partial charge in [-0.15, -0.1) is 0 Å². The minimum atomic E-state index is 0.538. The number of likely N-dealkylation sites (tertiary alicyclic amines) is 1. The predicted molar refractivity (Wildman–Crippen MR) is 108 cm³/mol. The van der Waals surface area contributed by atoms with Crippen molar-refractivity contribution < 1.29 is 4.74 Å². The molecule has 1 saturated heterocycles. The maximum Gasteiger partial charge on any atom is 0.145 e. The van der Waals surface area contributed by atoms with Crippen LogP contribution >= 0.6 is 0 Å². The van der Waals surface area contributed by atoms with Crippen LogP contribution < -0.4 is 4.74 Å². The van der Waals surface area contributed by atoms with Gasteiger partial charge in [0.15, 0.2) is 0 Å². The molecule has 3 aromatic rings. The zero-order valence-electron chi connectivity index (χ0n) is 15.9. The van der Waals surface area contributed by atoms with Gasteiger partial charge in [-0.25, -0.2) is 4.98 Å². The highest BCUT2D eigenvalue weighted by molar-refractivity contribution is 5.47. The molecule has 4 rings (SSSR count). The van der Waals surface area contributed by atoms with E-state index in [-0.39, 0.29) is 0 Å². The van der Waals surface area contributed by atoms with Crippen molar-refractivity contribution in [3.8, 4) is 17.6 Å². The van der Waals surface area contributed by atoms with Crippen molar-refractivity contribution in [2.75, 3.05) is 13.1 Å². The lowest BCUT2D eigenvalue weighted by molar-refractivity contribution is 0.220. The van der Waals surface area contributed by atoms with Gasteiger partial charge in [0.05, 0.1) is 11.9 Å². The Morgan fingerprint density at radius 2 is 1.86 bits per heavy atom. The molecule has 1 aliphatic heterocycles. The number of rotatable bonds is 6. The van der Waals surface area contributed by atoms with Crippen molar-refractivity contribution in [3.05, 3.63) is 77.9 Å². The molecule has 28 heavy (non-hydrogen) atoms. The van der Waals surface area contributed by atoms with Crippen molar-refractivity contribution in [1.29, 1.82) is 5.26 Å². The smallest absolute Gasteiger partial charge is 0.145 e. The molecular formula is C23H24N4O. The van der Waals surface area contributed by atoms with Crippen LogP contribution in [0.3, 0.4) is 0 Å². The zero-order valence-corrected chi connectivity index (χ0v) is 15.9. The van der Waals surface area contributed by atoms with Gasteiger partial charge in [0.1, 0.15) is 17.6 Å². The van der Waals surface area contributed by atoms with Crippen LogP contribution in [0.25, 0.3) is 0 Å². The van der Waals surface area contributed by atoms with Crippen LogP contribution in [0.5, 0.6) is 11.5 Å². The van der Waals surface area contributed by atoms with E-state index in [1.54, 1.807) is 12.5 Å². The first-order valence-corrected chi connectivity index (χ1v) is 9.78. The van der Waals surface area contributed by atoms with Crippen molar-refractivity contribution in [2.45, 2.75) is 32.4 Å². The van der Waals surface area contributed by atoms with E-state index in [1.807, 2.05) is 41.1 Å². The highest BCUT2D eigenvalue weighted by Crippen LogP contribution is 2.28. The Bertz CT molecular complexity index is 953. The highest BCUT2D eigenvalue weighted by atomic mass is 16.5. The predicted octanol–water partition coefficient (Wildman–Crippen LogP) is 4.58. The SMILES string of the molecule is N#Cc1ccc(Cn2ccnc2)cc1Oc1cccc(CN2CCCCC2)c1. The minimum Gasteiger partial charge on any atom is -0.456 e. The molecule has 0 spiro atoms. The molecule has 0 aliphatic carbocycles.